The van der Waals surface area contributed by atoms with Crippen LogP contribution in [0.4, 0.5) is 5.69 Å². The Balaban J connectivity index is 2.07. The van der Waals surface area contributed by atoms with E-state index in [1.54, 1.807) is 18.2 Å². The number of hydrogen-bond donors (Lipinski definition) is 3. The first-order chi connectivity index (χ1) is 9.95. The minimum absolute atomic E-state index is 0.175. The maximum Gasteiger partial charge on any atom is 0.335 e. The third-order valence-corrected chi connectivity index (χ3v) is 3.03. The van der Waals surface area contributed by atoms with Crippen molar-refractivity contribution in [2.45, 2.75) is 6.54 Å². The molecule has 0 heterocycles. The Bertz CT molecular complexity index is 681. The van der Waals surface area contributed by atoms with Gasteiger partial charge in [0.1, 0.15) is 0 Å². The van der Waals surface area contributed by atoms with E-state index in [9.17, 15) is 9.59 Å². The van der Waals surface area contributed by atoms with Crippen molar-refractivity contribution in [2.75, 3.05) is 5.73 Å². The fraction of sp³-hybridized carbons (Fsp3) is 0.0667. The molecule has 2 aromatic carbocycles. The van der Waals surface area contributed by atoms with E-state index in [0.717, 1.165) is 0 Å². The summed E-state index contributed by atoms with van der Waals surface area (Å²) in [4.78, 5) is 22.9. The summed E-state index contributed by atoms with van der Waals surface area (Å²) >= 11 is 5.84. The molecular weight excluding hydrogens is 292 g/mol. The van der Waals surface area contributed by atoms with Gasteiger partial charge in [-0.05, 0) is 35.9 Å². The molecule has 0 fully saturated rings. The first-order valence-electron chi connectivity index (χ1n) is 6.12. The van der Waals surface area contributed by atoms with E-state index in [1.165, 1.54) is 24.3 Å². The molecule has 0 saturated carbocycles. The quantitative estimate of drug-likeness (QED) is 0.757. The number of rotatable bonds is 4. The Kier molecular flexibility index (Phi) is 4.45. The van der Waals surface area contributed by atoms with Gasteiger partial charge in [0.05, 0.1) is 5.56 Å². The van der Waals surface area contributed by atoms with Crippen LogP contribution in [0.25, 0.3) is 0 Å². The number of carbonyl (C=O) groups is 2. The topological polar surface area (TPSA) is 92.4 Å². The average molecular weight is 305 g/mol. The van der Waals surface area contributed by atoms with Crippen LogP contribution in [-0.4, -0.2) is 17.0 Å². The summed E-state index contributed by atoms with van der Waals surface area (Å²) in [6, 6.07) is 11.0. The third-order valence-electron chi connectivity index (χ3n) is 2.81. The maximum absolute atomic E-state index is 12.0. The standard InChI is InChI=1S/C15H13ClN2O3/c16-12-5-11(6-13(17)7-12)14(19)18-8-9-2-1-3-10(4-9)15(20)21/h1-7H,8,17H2,(H,18,19)(H,20,21). The zero-order valence-electron chi connectivity index (χ0n) is 11.0. The summed E-state index contributed by atoms with van der Waals surface area (Å²) < 4.78 is 0. The molecule has 5 nitrogen and oxygen atoms in total. The Morgan fingerprint density at radius 3 is 2.57 bits per heavy atom. The van der Waals surface area contributed by atoms with E-state index in [-0.39, 0.29) is 18.0 Å². The van der Waals surface area contributed by atoms with E-state index in [0.29, 0.717) is 21.8 Å². The van der Waals surface area contributed by atoms with Gasteiger partial charge in [-0.1, -0.05) is 23.7 Å². The lowest BCUT2D eigenvalue weighted by molar-refractivity contribution is 0.0696. The van der Waals surface area contributed by atoms with Crippen molar-refractivity contribution in [1.29, 1.82) is 0 Å². The van der Waals surface area contributed by atoms with Crippen molar-refractivity contribution in [1.82, 2.24) is 5.32 Å². The summed E-state index contributed by atoms with van der Waals surface area (Å²) in [5.41, 5.74) is 7.25. The number of nitrogens with one attached hydrogen (secondary N) is 1. The number of nitrogens with two attached hydrogens (primary N) is 1. The lowest BCUT2D eigenvalue weighted by Crippen LogP contribution is -2.23. The number of carboxylic acids is 1. The number of anilines is 1. The second kappa shape index (κ2) is 6.28. The molecule has 0 unspecified atom stereocenters. The summed E-state index contributed by atoms with van der Waals surface area (Å²) in [5.74, 6) is -1.34. The van der Waals surface area contributed by atoms with Crippen LogP contribution < -0.4 is 11.1 Å². The summed E-state index contributed by atoms with van der Waals surface area (Å²) in [5, 5.41) is 12.0. The lowest BCUT2D eigenvalue weighted by Gasteiger charge is -2.07. The van der Waals surface area contributed by atoms with Gasteiger partial charge >= 0.3 is 5.97 Å². The average Bonchev–Trinajstić information content (AvgIpc) is 2.44. The van der Waals surface area contributed by atoms with Gasteiger partial charge < -0.3 is 16.2 Å². The highest BCUT2D eigenvalue weighted by Crippen LogP contribution is 2.16. The molecule has 0 radical (unpaired) electrons. The summed E-state index contributed by atoms with van der Waals surface area (Å²) in [6.07, 6.45) is 0. The Labute approximate surface area is 126 Å². The van der Waals surface area contributed by atoms with Crippen LogP contribution >= 0.6 is 11.6 Å². The minimum atomic E-state index is -1.01. The molecule has 0 spiro atoms. The van der Waals surface area contributed by atoms with Crippen LogP contribution in [0.3, 0.4) is 0 Å². The van der Waals surface area contributed by atoms with Gasteiger partial charge in [-0.15, -0.1) is 0 Å². The zero-order chi connectivity index (χ0) is 15.4. The molecule has 0 aromatic heterocycles. The minimum Gasteiger partial charge on any atom is -0.478 e. The zero-order valence-corrected chi connectivity index (χ0v) is 11.7. The van der Waals surface area contributed by atoms with Crippen molar-refractivity contribution >= 4 is 29.2 Å². The van der Waals surface area contributed by atoms with Gasteiger partial charge in [0, 0.05) is 22.8 Å². The molecular formula is C15H13ClN2O3. The van der Waals surface area contributed by atoms with E-state index in [1.807, 2.05) is 0 Å². The van der Waals surface area contributed by atoms with Gasteiger partial charge in [-0.3, -0.25) is 4.79 Å². The molecule has 0 aliphatic rings. The second-order valence-electron chi connectivity index (χ2n) is 4.46. The number of halogens is 1. The number of amides is 1. The monoisotopic (exact) mass is 304 g/mol. The molecule has 4 N–H and O–H groups in total. The molecule has 21 heavy (non-hydrogen) atoms. The van der Waals surface area contributed by atoms with Crippen LogP contribution in [0, 0.1) is 0 Å². The molecule has 108 valence electrons. The molecule has 0 bridgehead atoms. The highest BCUT2D eigenvalue weighted by molar-refractivity contribution is 6.31. The van der Waals surface area contributed by atoms with Gasteiger partial charge in [0.25, 0.3) is 5.91 Å². The number of hydrogen-bond acceptors (Lipinski definition) is 3. The molecule has 2 aromatic rings. The number of carbonyl (C=O) groups excluding carboxylic acids is 1. The largest absolute Gasteiger partial charge is 0.478 e. The molecule has 0 saturated heterocycles. The van der Waals surface area contributed by atoms with Crippen molar-refractivity contribution in [3.63, 3.8) is 0 Å². The van der Waals surface area contributed by atoms with Gasteiger partial charge in [0.2, 0.25) is 0 Å². The number of nitrogen functional groups attached to an aromatic ring is 1. The van der Waals surface area contributed by atoms with Gasteiger partial charge in [-0.2, -0.15) is 0 Å². The molecule has 2 rings (SSSR count). The van der Waals surface area contributed by atoms with Gasteiger partial charge in [-0.25, -0.2) is 4.79 Å². The first-order valence-corrected chi connectivity index (χ1v) is 6.50. The van der Waals surface area contributed by atoms with Crippen LogP contribution in [0.15, 0.2) is 42.5 Å². The normalized spacial score (nSPS) is 10.1. The second-order valence-corrected chi connectivity index (χ2v) is 4.90. The maximum atomic E-state index is 12.0. The lowest BCUT2D eigenvalue weighted by atomic mass is 10.1. The fourth-order valence-corrected chi connectivity index (χ4v) is 2.09. The number of aromatic carboxylic acids is 1. The summed E-state index contributed by atoms with van der Waals surface area (Å²) in [6.45, 7) is 0.215. The predicted molar refractivity (Wildman–Crippen MR) is 80.4 cm³/mol. The molecule has 6 heteroatoms. The van der Waals surface area contributed by atoms with Crippen molar-refractivity contribution in [2.24, 2.45) is 0 Å². The predicted octanol–water partition coefficient (Wildman–Crippen LogP) is 2.55. The number of benzene rings is 2. The van der Waals surface area contributed by atoms with E-state index in [2.05, 4.69) is 5.32 Å². The highest BCUT2D eigenvalue weighted by Gasteiger charge is 2.08. The third kappa shape index (κ3) is 3.97. The van der Waals surface area contributed by atoms with Crippen molar-refractivity contribution in [3.05, 3.63) is 64.2 Å². The fourth-order valence-electron chi connectivity index (χ4n) is 1.84. The van der Waals surface area contributed by atoms with Crippen LogP contribution in [0.2, 0.25) is 5.02 Å². The Hall–Kier alpha value is -2.53. The van der Waals surface area contributed by atoms with E-state index in [4.69, 9.17) is 22.4 Å². The van der Waals surface area contributed by atoms with Crippen LogP contribution in [0.1, 0.15) is 26.3 Å². The van der Waals surface area contributed by atoms with E-state index < -0.39 is 5.97 Å². The Morgan fingerprint density at radius 2 is 1.90 bits per heavy atom. The number of carboxylic acid groups (broad SMARTS) is 1. The first kappa shape index (κ1) is 14.9. The van der Waals surface area contributed by atoms with Crippen molar-refractivity contribution in [3.8, 4) is 0 Å². The Morgan fingerprint density at radius 1 is 1.14 bits per heavy atom. The molecule has 0 aliphatic heterocycles. The molecule has 1 amide bonds. The van der Waals surface area contributed by atoms with Crippen LogP contribution in [-0.2, 0) is 6.54 Å². The highest BCUT2D eigenvalue weighted by atomic mass is 35.5. The molecule has 0 aliphatic carbocycles. The SMILES string of the molecule is Nc1cc(Cl)cc(C(=O)NCc2cccc(C(=O)O)c2)c1. The van der Waals surface area contributed by atoms with E-state index >= 15 is 0 Å². The molecule has 0 atom stereocenters. The van der Waals surface area contributed by atoms with Crippen LogP contribution in [0.5, 0.6) is 0 Å². The van der Waals surface area contributed by atoms with Gasteiger partial charge in [0.15, 0.2) is 0 Å². The van der Waals surface area contributed by atoms with Crippen molar-refractivity contribution < 1.29 is 14.7 Å². The smallest absolute Gasteiger partial charge is 0.335 e. The summed E-state index contributed by atoms with van der Waals surface area (Å²) in [7, 11) is 0.